The fourth-order valence-corrected chi connectivity index (χ4v) is 2.73. The van der Waals surface area contributed by atoms with Crippen molar-refractivity contribution in [3.8, 4) is 5.75 Å². The lowest BCUT2D eigenvalue weighted by molar-refractivity contribution is 0.238. The highest BCUT2D eigenvalue weighted by atomic mass is 16.5. The molecule has 3 N–H and O–H groups in total. The fourth-order valence-electron chi connectivity index (χ4n) is 2.73. The maximum absolute atomic E-state index is 5.71. The summed E-state index contributed by atoms with van der Waals surface area (Å²) in [5.41, 5.74) is 5.55. The molecule has 124 valence electrons. The largest absolute Gasteiger partial charge is 0.494 e. The van der Waals surface area contributed by atoms with E-state index >= 15 is 0 Å². The van der Waals surface area contributed by atoms with E-state index in [1.807, 2.05) is 30.3 Å². The van der Waals surface area contributed by atoms with E-state index in [1.165, 1.54) is 0 Å². The Balaban J connectivity index is 1.29. The Morgan fingerprint density at radius 1 is 1.09 bits per heavy atom. The number of aromatic nitrogens is 3. The Bertz CT molecular complexity index is 579. The lowest BCUT2D eigenvalue weighted by Gasteiger charge is -2.34. The molecular formula is C16H24N6O. The van der Waals surface area contributed by atoms with Gasteiger partial charge in [0.15, 0.2) is 0 Å². The van der Waals surface area contributed by atoms with Gasteiger partial charge >= 0.3 is 0 Å². The van der Waals surface area contributed by atoms with Crippen molar-refractivity contribution in [1.82, 2.24) is 20.1 Å². The monoisotopic (exact) mass is 316 g/mol. The highest BCUT2D eigenvalue weighted by Crippen LogP contribution is 2.12. The van der Waals surface area contributed by atoms with Gasteiger partial charge in [-0.1, -0.05) is 18.2 Å². The van der Waals surface area contributed by atoms with Crippen LogP contribution in [0.1, 0.15) is 12.8 Å². The summed E-state index contributed by atoms with van der Waals surface area (Å²) in [6.07, 6.45) is 2.23. The number of nitrogens with one attached hydrogen (secondary N) is 1. The van der Waals surface area contributed by atoms with Crippen LogP contribution in [0, 0.1) is 0 Å². The van der Waals surface area contributed by atoms with Crippen LogP contribution in [0.25, 0.3) is 0 Å². The summed E-state index contributed by atoms with van der Waals surface area (Å²) in [6, 6.07) is 9.98. The van der Waals surface area contributed by atoms with Crippen LogP contribution in [0.3, 0.4) is 0 Å². The maximum Gasteiger partial charge on any atom is 0.241 e. The molecule has 1 aromatic carbocycles. The molecule has 7 heteroatoms. The maximum atomic E-state index is 5.71. The Morgan fingerprint density at radius 2 is 1.87 bits per heavy atom. The van der Waals surface area contributed by atoms with Crippen LogP contribution in [0.4, 0.5) is 11.9 Å². The summed E-state index contributed by atoms with van der Waals surface area (Å²) in [4.78, 5) is 8.85. The highest BCUT2D eigenvalue weighted by molar-refractivity contribution is 5.34. The Hall–Kier alpha value is -2.28. The van der Waals surface area contributed by atoms with Crippen LogP contribution in [0.2, 0.25) is 0 Å². The number of hydrogen-bond donors (Lipinski definition) is 2. The van der Waals surface area contributed by atoms with E-state index in [2.05, 4.69) is 25.0 Å². The van der Waals surface area contributed by atoms with Crippen LogP contribution < -0.4 is 15.4 Å². The van der Waals surface area contributed by atoms with Gasteiger partial charge in [-0.3, -0.25) is 4.90 Å². The number of nitrogens with zero attached hydrogens (tertiary/aromatic N) is 4. The molecular weight excluding hydrogens is 292 g/mol. The number of nitrogens with two attached hydrogens (primary N) is 1. The Morgan fingerprint density at radius 3 is 2.57 bits per heavy atom. The molecule has 23 heavy (non-hydrogen) atoms. The van der Waals surface area contributed by atoms with Crippen LogP contribution in [-0.2, 0) is 0 Å². The second-order valence-electron chi connectivity index (χ2n) is 5.71. The van der Waals surface area contributed by atoms with Crippen molar-refractivity contribution >= 4 is 11.9 Å². The van der Waals surface area contributed by atoms with Crippen molar-refractivity contribution in [2.24, 2.45) is 0 Å². The molecule has 1 aliphatic heterocycles. The molecule has 0 atom stereocenters. The third-order valence-corrected chi connectivity index (χ3v) is 4.04. The number of rotatable bonds is 7. The number of anilines is 2. The number of H-pyrrole nitrogens is 1. The number of nitrogen functional groups attached to an aromatic ring is 1. The van der Waals surface area contributed by atoms with Gasteiger partial charge in [0.2, 0.25) is 11.9 Å². The van der Waals surface area contributed by atoms with Gasteiger partial charge in [0.25, 0.3) is 0 Å². The number of piperazine rings is 1. The topological polar surface area (TPSA) is 83.3 Å². The van der Waals surface area contributed by atoms with Crippen molar-refractivity contribution in [3.05, 3.63) is 30.3 Å². The molecule has 0 amide bonds. The lowest BCUT2D eigenvalue weighted by Crippen LogP contribution is -2.47. The van der Waals surface area contributed by atoms with E-state index < -0.39 is 0 Å². The van der Waals surface area contributed by atoms with Crippen molar-refractivity contribution in [2.45, 2.75) is 12.8 Å². The molecule has 0 bridgehead atoms. The second-order valence-corrected chi connectivity index (χ2v) is 5.71. The zero-order valence-electron chi connectivity index (χ0n) is 13.3. The average molecular weight is 316 g/mol. The number of hydrogen-bond acceptors (Lipinski definition) is 6. The van der Waals surface area contributed by atoms with Crippen LogP contribution in [0.15, 0.2) is 30.3 Å². The van der Waals surface area contributed by atoms with E-state index in [4.69, 9.17) is 10.5 Å². The first-order valence-electron chi connectivity index (χ1n) is 8.14. The summed E-state index contributed by atoms with van der Waals surface area (Å²) >= 11 is 0. The quantitative estimate of drug-likeness (QED) is 0.751. The zero-order valence-corrected chi connectivity index (χ0v) is 13.3. The van der Waals surface area contributed by atoms with E-state index in [-0.39, 0.29) is 0 Å². The van der Waals surface area contributed by atoms with Gasteiger partial charge in [-0.2, -0.15) is 4.98 Å². The molecule has 7 nitrogen and oxygen atoms in total. The van der Waals surface area contributed by atoms with E-state index in [1.54, 1.807) is 0 Å². The molecule has 0 radical (unpaired) electrons. The highest BCUT2D eigenvalue weighted by Gasteiger charge is 2.18. The van der Waals surface area contributed by atoms with Crippen LogP contribution in [-0.4, -0.2) is 59.4 Å². The molecule has 3 rings (SSSR count). The second kappa shape index (κ2) is 7.82. The van der Waals surface area contributed by atoms with Crippen LogP contribution >= 0.6 is 0 Å². The molecule has 0 spiro atoms. The minimum atomic E-state index is 0.306. The van der Waals surface area contributed by atoms with E-state index in [9.17, 15) is 0 Å². The molecule has 0 saturated carbocycles. The molecule has 2 heterocycles. The van der Waals surface area contributed by atoms with Gasteiger partial charge in [0.05, 0.1) is 6.61 Å². The number of benzene rings is 1. The summed E-state index contributed by atoms with van der Waals surface area (Å²) in [5, 5.41) is 6.75. The van der Waals surface area contributed by atoms with Gasteiger partial charge in [0.1, 0.15) is 5.75 Å². The molecule has 0 aliphatic carbocycles. The summed E-state index contributed by atoms with van der Waals surface area (Å²) in [6.45, 7) is 5.89. The number of ether oxygens (including phenoxy) is 1. The SMILES string of the molecule is Nc1n[nH]c(N2CCN(CCCCOc3ccccc3)CC2)n1. The molecule has 0 unspecified atom stereocenters. The first-order chi connectivity index (χ1) is 11.3. The lowest BCUT2D eigenvalue weighted by atomic mass is 10.2. The molecule has 2 aromatic rings. The van der Waals surface area contributed by atoms with Gasteiger partial charge in [-0.15, -0.1) is 5.10 Å². The van der Waals surface area contributed by atoms with Crippen molar-refractivity contribution in [1.29, 1.82) is 0 Å². The van der Waals surface area contributed by atoms with Gasteiger partial charge in [-0.25, -0.2) is 5.10 Å². The predicted molar refractivity (Wildman–Crippen MR) is 90.6 cm³/mol. The smallest absolute Gasteiger partial charge is 0.241 e. The third kappa shape index (κ3) is 4.59. The fraction of sp³-hybridized carbons (Fsp3) is 0.500. The summed E-state index contributed by atoms with van der Waals surface area (Å²) < 4.78 is 5.71. The van der Waals surface area contributed by atoms with Crippen molar-refractivity contribution in [2.75, 3.05) is 50.0 Å². The molecule has 1 saturated heterocycles. The van der Waals surface area contributed by atoms with Crippen molar-refractivity contribution in [3.63, 3.8) is 0 Å². The number of aromatic amines is 1. The average Bonchev–Trinajstić information content (AvgIpc) is 3.03. The normalized spacial score (nSPS) is 15.7. The Labute approximate surface area is 136 Å². The van der Waals surface area contributed by atoms with E-state index in [0.717, 1.165) is 63.9 Å². The Kier molecular flexibility index (Phi) is 5.31. The molecule has 1 fully saturated rings. The number of unbranched alkanes of at least 4 members (excludes halogenated alkanes) is 1. The standard InChI is InChI=1S/C16H24N6O/c17-15-18-16(20-19-15)22-11-9-21(10-12-22)8-4-5-13-23-14-6-2-1-3-7-14/h1-3,6-7H,4-5,8-13H2,(H3,17,18,19,20). The summed E-state index contributed by atoms with van der Waals surface area (Å²) in [7, 11) is 0. The molecule has 1 aliphatic rings. The minimum Gasteiger partial charge on any atom is -0.494 e. The van der Waals surface area contributed by atoms with Crippen molar-refractivity contribution < 1.29 is 4.74 Å². The first-order valence-corrected chi connectivity index (χ1v) is 8.14. The first kappa shape index (κ1) is 15.6. The van der Waals surface area contributed by atoms with Crippen LogP contribution in [0.5, 0.6) is 5.75 Å². The van der Waals surface area contributed by atoms with Gasteiger partial charge in [-0.05, 0) is 31.5 Å². The number of para-hydroxylation sites is 1. The third-order valence-electron chi connectivity index (χ3n) is 4.04. The van der Waals surface area contributed by atoms with Gasteiger partial charge in [0, 0.05) is 26.2 Å². The predicted octanol–water partition coefficient (Wildman–Crippen LogP) is 1.37. The van der Waals surface area contributed by atoms with E-state index in [0.29, 0.717) is 5.95 Å². The minimum absolute atomic E-state index is 0.306. The molecule has 1 aromatic heterocycles. The van der Waals surface area contributed by atoms with Gasteiger partial charge < -0.3 is 15.4 Å². The summed E-state index contributed by atoms with van der Waals surface area (Å²) in [5.74, 6) is 2.03. The zero-order chi connectivity index (χ0) is 15.9.